The lowest BCUT2D eigenvalue weighted by atomic mass is 10.0. The number of nitrogens with zero attached hydrogens (tertiary/aromatic N) is 2. The molecule has 0 saturated heterocycles. The molecule has 10 nitrogen and oxygen atoms in total. The van der Waals surface area contributed by atoms with Crippen LogP contribution in [-0.2, 0) is 11.2 Å². The van der Waals surface area contributed by atoms with Gasteiger partial charge in [0.2, 0.25) is 5.89 Å². The number of benzene rings is 4. The number of aryl methyl sites for hydroxylation is 1. The first kappa shape index (κ1) is 29.5. The lowest BCUT2D eigenvalue weighted by Gasteiger charge is -2.17. The Morgan fingerprint density at radius 2 is 1.57 bits per heavy atom. The zero-order chi connectivity index (χ0) is 32.3. The third-order valence-electron chi connectivity index (χ3n) is 7.99. The molecule has 0 aliphatic heterocycles. The maximum Gasteiger partial charge on any atom is 0.305 e. The predicted molar refractivity (Wildman–Crippen MR) is 177 cm³/mol. The maximum absolute atomic E-state index is 12.5. The maximum atomic E-state index is 12.5. The molecule has 4 aromatic carbocycles. The molecule has 3 N–H and O–H groups in total. The summed E-state index contributed by atoms with van der Waals surface area (Å²) in [7, 11) is 0. The van der Waals surface area contributed by atoms with E-state index < -0.39 is 12.0 Å². The zero-order valence-corrected chi connectivity index (χ0v) is 25.4. The quantitative estimate of drug-likeness (QED) is 0.131. The van der Waals surface area contributed by atoms with Crippen LogP contribution in [0.15, 0.2) is 116 Å². The molecular weight excluding hydrogens is 596 g/mol. The normalized spacial score (nSPS) is 11.9. The largest absolute Gasteiger partial charge is 0.481 e. The second-order valence-electron chi connectivity index (χ2n) is 11.2. The fraction of sp³-hybridized carbons (Fsp3) is 0.135. The van der Waals surface area contributed by atoms with Gasteiger partial charge in [-0.2, -0.15) is 0 Å². The highest BCUT2D eigenvalue weighted by atomic mass is 16.4. The van der Waals surface area contributed by atoms with E-state index in [-0.39, 0.29) is 24.8 Å². The van der Waals surface area contributed by atoms with E-state index in [1.807, 2.05) is 85.8 Å². The third-order valence-corrected chi connectivity index (χ3v) is 7.99. The van der Waals surface area contributed by atoms with Gasteiger partial charge in [0.05, 0.1) is 6.42 Å². The number of furan rings is 2. The number of carboxylic acids is 1. The topological polar surface area (TPSA) is 144 Å². The van der Waals surface area contributed by atoms with Crippen molar-refractivity contribution in [3.05, 3.63) is 126 Å². The predicted octanol–water partition coefficient (Wildman–Crippen LogP) is 7.80. The number of rotatable bonds is 11. The molecule has 0 fully saturated rings. The van der Waals surface area contributed by atoms with Crippen molar-refractivity contribution in [2.24, 2.45) is 0 Å². The molecule has 234 valence electrons. The first-order chi connectivity index (χ1) is 22.9. The molecule has 0 saturated carbocycles. The summed E-state index contributed by atoms with van der Waals surface area (Å²) in [4.78, 5) is 23.2. The van der Waals surface area contributed by atoms with Crippen LogP contribution in [0.2, 0.25) is 0 Å². The summed E-state index contributed by atoms with van der Waals surface area (Å²) in [5.74, 6) is 0.659. The summed E-state index contributed by atoms with van der Waals surface area (Å²) in [6.07, 6.45) is 0.366. The van der Waals surface area contributed by atoms with Gasteiger partial charge in [0.25, 0.3) is 11.8 Å². The minimum Gasteiger partial charge on any atom is -0.481 e. The third kappa shape index (κ3) is 6.34. The molecule has 0 unspecified atom stereocenters. The van der Waals surface area contributed by atoms with Gasteiger partial charge in [-0.3, -0.25) is 9.59 Å². The molecule has 0 aliphatic rings. The number of fused-ring (bicyclic) bond motifs is 2. The molecule has 7 aromatic rings. The highest BCUT2D eigenvalue weighted by molar-refractivity contribution is 5.94. The SMILES string of the molecule is Cc1c(-c2nnc([C@H](Cc3ccc(-c4cc5ccccc5o4)cc3)Nc3ccc(C(=O)NCCC(=O)O)cc3)o2)oc2ccccc12. The van der Waals surface area contributed by atoms with Gasteiger partial charge in [0.15, 0.2) is 5.76 Å². The van der Waals surface area contributed by atoms with Crippen molar-refractivity contribution in [1.29, 1.82) is 0 Å². The molecule has 47 heavy (non-hydrogen) atoms. The van der Waals surface area contributed by atoms with Crippen molar-refractivity contribution in [3.63, 3.8) is 0 Å². The van der Waals surface area contributed by atoms with Gasteiger partial charge < -0.3 is 29.0 Å². The van der Waals surface area contributed by atoms with E-state index in [1.54, 1.807) is 24.3 Å². The number of hydrogen-bond donors (Lipinski definition) is 3. The summed E-state index contributed by atoms with van der Waals surface area (Å²) >= 11 is 0. The lowest BCUT2D eigenvalue weighted by Crippen LogP contribution is -2.25. The minimum absolute atomic E-state index is 0.0512. The molecule has 0 aliphatic carbocycles. The number of carbonyl (C=O) groups is 2. The smallest absolute Gasteiger partial charge is 0.305 e. The molecule has 1 amide bonds. The van der Waals surface area contributed by atoms with Gasteiger partial charge in [-0.05, 0) is 55.0 Å². The van der Waals surface area contributed by atoms with Gasteiger partial charge in [-0.25, -0.2) is 0 Å². The standard InChI is InChI=1S/C37H30N4O6/c1-22-28-7-3-5-9-31(28)46-34(22)37-41-40-36(47-37)29(39-27-16-14-25(15-17-27)35(44)38-19-18-33(42)43)20-23-10-12-24(13-11-23)32-21-26-6-2-4-8-30(26)45-32/h2-17,21,29,39H,18-20H2,1H3,(H,38,44)(H,42,43)/t29-/m0/s1. The molecule has 0 bridgehead atoms. The van der Waals surface area contributed by atoms with Gasteiger partial charge in [-0.15, -0.1) is 10.2 Å². The monoisotopic (exact) mass is 626 g/mol. The number of nitrogens with one attached hydrogen (secondary N) is 2. The van der Waals surface area contributed by atoms with Crippen LogP contribution < -0.4 is 10.6 Å². The summed E-state index contributed by atoms with van der Waals surface area (Å²) < 4.78 is 18.4. The van der Waals surface area contributed by atoms with E-state index in [2.05, 4.69) is 20.8 Å². The number of aromatic nitrogens is 2. The van der Waals surface area contributed by atoms with Crippen molar-refractivity contribution in [3.8, 4) is 23.0 Å². The number of anilines is 1. The molecule has 7 rings (SSSR count). The Morgan fingerprint density at radius 3 is 2.32 bits per heavy atom. The van der Waals surface area contributed by atoms with Crippen LogP contribution in [0.4, 0.5) is 5.69 Å². The average molecular weight is 627 g/mol. The van der Waals surface area contributed by atoms with Crippen LogP contribution in [-0.4, -0.2) is 33.7 Å². The van der Waals surface area contributed by atoms with Crippen LogP contribution >= 0.6 is 0 Å². The summed E-state index contributed by atoms with van der Waals surface area (Å²) in [5, 5.41) is 25.7. The first-order valence-electron chi connectivity index (χ1n) is 15.2. The van der Waals surface area contributed by atoms with E-state index >= 15 is 0 Å². The fourth-order valence-electron chi connectivity index (χ4n) is 5.51. The molecule has 3 heterocycles. The van der Waals surface area contributed by atoms with Crippen LogP contribution in [0.3, 0.4) is 0 Å². The molecular formula is C37H30N4O6. The fourth-order valence-corrected chi connectivity index (χ4v) is 5.51. The Balaban J connectivity index is 1.14. The van der Waals surface area contributed by atoms with Crippen LogP contribution in [0.25, 0.3) is 44.9 Å². The second kappa shape index (κ2) is 12.7. The van der Waals surface area contributed by atoms with Crippen LogP contribution in [0, 0.1) is 6.92 Å². The summed E-state index contributed by atoms with van der Waals surface area (Å²) in [6, 6.07) is 32.3. The Morgan fingerprint density at radius 1 is 0.830 bits per heavy atom. The van der Waals surface area contributed by atoms with E-state index in [9.17, 15) is 9.59 Å². The Labute approximate surface area is 269 Å². The molecule has 1 atom stereocenters. The zero-order valence-electron chi connectivity index (χ0n) is 25.4. The summed E-state index contributed by atoms with van der Waals surface area (Å²) in [5.41, 5.74) is 5.63. The number of hydrogen-bond acceptors (Lipinski definition) is 8. The van der Waals surface area contributed by atoms with Crippen molar-refractivity contribution in [2.75, 3.05) is 11.9 Å². The lowest BCUT2D eigenvalue weighted by molar-refractivity contribution is -0.136. The average Bonchev–Trinajstić information content (AvgIpc) is 3.83. The second-order valence-corrected chi connectivity index (χ2v) is 11.2. The van der Waals surface area contributed by atoms with Gasteiger partial charge in [0, 0.05) is 46.1 Å². The number of carboxylic acid groups (broad SMARTS) is 1. The first-order valence-corrected chi connectivity index (χ1v) is 15.2. The molecule has 0 spiro atoms. The van der Waals surface area contributed by atoms with Crippen molar-refractivity contribution in [1.82, 2.24) is 15.5 Å². The number of amides is 1. The van der Waals surface area contributed by atoms with E-state index in [0.29, 0.717) is 23.6 Å². The van der Waals surface area contributed by atoms with E-state index in [4.69, 9.17) is 18.4 Å². The summed E-state index contributed by atoms with van der Waals surface area (Å²) in [6.45, 7) is 2.01. The van der Waals surface area contributed by atoms with Gasteiger partial charge >= 0.3 is 5.97 Å². The highest BCUT2D eigenvalue weighted by Crippen LogP contribution is 2.34. The van der Waals surface area contributed by atoms with Crippen LogP contribution in [0.1, 0.15) is 39.8 Å². The van der Waals surface area contributed by atoms with Crippen molar-refractivity contribution >= 4 is 39.5 Å². The van der Waals surface area contributed by atoms with Crippen molar-refractivity contribution < 1.29 is 27.9 Å². The Bertz CT molecular complexity index is 2160. The van der Waals surface area contributed by atoms with Crippen LogP contribution in [0.5, 0.6) is 0 Å². The van der Waals surface area contributed by atoms with Gasteiger partial charge in [0.1, 0.15) is 23.0 Å². The minimum atomic E-state index is -0.972. The van der Waals surface area contributed by atoms with E-state index in [1.165, 1.54) is 0 Å². The molecule has 0 radical (unpaired) electrons. The molecule has 3 aromatic heterocycles. The number of para-hydroxylation sites is 2. The van der Waals surface area contributed by atoms with Crippen molar-refractivity contribution in [2.45, 2.75) is 25.8 Å². The Kier molecular flexibility index (Phi) is 7.97. The Hall–Kier alpha value is -6.16. The highest BCUT2D eigenvalue weighted by Gasteiger charge is 2.24. The number of carbonyl (C=O) groups excluding carboxylic acids is 1. The van der Waals surface area contributed by atoms with E-state index in [0.717, 1.165) is 50.1 Å². The molecule has 10 heteroatoms. The van der Waals surface area contributed by atoms with Gasteiger partial charge in [-0.1, -0.05) is 60.7 Å². The number of aliphatic carboxylic acids is 1.